The van der Waals surface area contributed by atoms with Gasteiger partial charge in [0, 0.05) is 42.5 Å². The van der Waals surface area contributed by atoms with Crippen LogP contribution in [0.4, 0.5) is 17.2 Å². The fraction of sp³-hybridized carbons (Fsp3) is 0.464. The van der Waals surface area contributed by atoms with Crippen molar-refractivity contribution in [3.8, 4) is 11.8 Å². The summed E-state index contributed by atoms with van der Waals surface area (Å²) in [4.78, 5) is 19.2. The number of nitrogens with zero attached hydrogens (tertiary/aromatic N) is 5. The third kappa shape index (κ3) is 5.50. The Morgan fingerprint density at radius 3 is 2.49 bits per heavy atom. The lowest BCUT2D eigenvalue weighted by Crippen LogP contribution is -2.43. The van der Waals surface area contributed by atoms with Gasteiger partial charge in [-0.05, 0) is 73.1 Å². The topological polar surface area (TPSA) is 85.9 Å². The molecule has 37 heavy (non-hydrogen) atoms. The summed E-state index contributed by atoms with van der Waals surface area (Å²) in [6.45, 7) is 6.95. The number of nitro groups is 1. The van der Waals surface area contributed by atoms with Gasteiger partial charge < -0.3 is 29.4 Å². The van der Waals surface area contributed by atoms with Crippen molar-refractivity contribution in [2.75, 3.05) is 36.5 Å². The summed E-state index contributed by atoms with van der Waals surface area (Å²) in [7, 11) is 2.21. The molecule has 0 spiro atoms. The van der Waals surface area contributed by atoms with Gasteiger partial charge >= 0.3 is 11.8 Å². The van der Waals surface area contributed by atoms with Crippen LogP contribution >= 0.6 is 0 Å². The smallest absolute Gasteiger partial charge is 0.415 e. The second-order valence-corrected chi connectivity index (χ2v) is 10.3. The molecule has 5 rings (SSSR count). The average molecular weight is 506 g/mol. The Hall–Kier alpha value is -3.75. The molecule has 1 saturated heterocycles. The van der Waals surface area contributed by atoms with Crippen LogP contribution in [0.2, 0.25) is 0 Å². The van der Waals surface area contributed by atoms with Gasteiger partial charge in [-0.1, -0.05) is 25.5 Å². The van der Waals surface area contributed by atoms with E-state index in [1.165, 1.54) is 29.6 Å². The molecule has 3 aromatic rings. The maximum absolute atomic E-state index is 10.9. The molecular formula is C28H35N5O4. The van der Waals surface area contributed by atoms with Gasteiger partial charge in [-0.3, -0.25) is 4.57 Å². The Labute approximate surface area is 217 Å². The van der Waals surface area contributed by atoms with Crippen LogP contribution in [0.3, 0.4) is 0 Å². The molecule has 0 N–H and O–H groups in total. The zero-order valence-electron chi connectivity index (χ0n) is 21.8. The minimum Gasteiger partial charge on any atom is -0.489 e. The number of benzene rings is 2. The fourth-order valence-electron chi connectivity index (χ4n) is 5.25. The minimum atomic E-state index is -0.625. The summed E-state index contributed by atoms with van der Waals surface area (Å²) >= 11 is 0. The third-order valence-corrected chi connectivity index (χ3v) is 7.40. The standard InChI is InChI=1S/C28H35N5O4/c1-4-5-21-6-8-22(9-7-21)30(3)23-14-16-31(17-15-23)24-10-12-25(13-11-24)36-20-28(2)19-32-18-26(33(34)35)29-27(32)37-28/h6-13,18,23H,4-5,14-17,19-20H2,1-3H3. The highest BCUT2D eigenvalue weighted by molar-refractivity contribution is 5.51. The molecule has 0 aliphatic carbocycles. The number of hydrogen-bond donors (Lipinski definition) is 0. The second-order valence-electron chi connectivity index (χ2n) is 10.3. The molecular weight excluding hydrogens is 470 g/mol. The lowest BCUT2D eigenvalue weighted by molar-refractivity contribution is -0.389. The highest BCUT2D eigenvalue weighted by atomic mass is 16.6. The first-order valence-electron chi connectivity index (χ1n) is 13.0. The van der Waals surface area contributed by atoms with Crippen LogP contribution in [0.1, 0.15) is 38.7 Å². The number of aryl methyl sites for hydroxylation is 1. The van der Waals surface area contributed by atoms with Crippen LogP contribution in [0.25, 0.3) is 0 Å². The first-order chi connectivity index (χ1) is 17.8. The van der Waals surface area contributed by atoms with E-state index in [4.69, 9.17) is 9.47 Å². The summed E-state index contributed by atoms with van der Waals surface area (Å²) < 4.78 is 13.5. The molecule has 0 amide bonds. The lowest BCUT2D eigenvalue weighted by Gasteiger charge is -2.39. The summed E-state index contributed by atoms with van der Waals surface area (Å²) in [6.07, 6.45) is 5.95. The van der Waals surface area contributed by atoms with Gasteiger partial charge in [0.15, 0.2) is 5.60 Å². The second kappa shape index (κ2) is 10.3. The first-order valence-corrected chi connectivity index (χ1v) is 13.0. The Kier molecular flexibility index (Phi) is 6.95. The summed E-state index contributed by atoms with van der Waals surface area (Å²) in [5.74, 6) is 0.565. The fourth-order valence-corrected chi connectivity index (χ4v) is 5.25. The molecule has 2 aliphatic heterocycles. The van der Waals surface area contributed by atoms with Crippen molar-refractivity contribution in [1.29, 1.82) is 0 Å². The molecule has 196 valence electrons. The van der Waals surface area contributed by atoms with Crippen LogP contribution in [0.5, 0.6) is 11.8 Å². The van der Waals surface area contributed by atoms with Crippen molar-refractivity contribution in [2.24, 2.45) is 0 Å². The largest absolute Gasteiger partial charge is 0.489 e. The first kappa shape index (κ1) is 24.9. The van der Waals surface area contributed by atoms with E-state index in [1.807, 2.05) is 19.1 Å². The summed E-state index contributed by atoms with van der Waals surface area (Å²) in [5.41, 5.74) is 3.28. The van der Waals surface area contributed by atoms with E-state index < -0.39 is 10.5 Å². The van der Waals surface area contributed by atoms with Crippen LogP contribution in [-0.2, 0) is 13.0 Å². The predicted molar refractivity (Wildman–Crippen MR) is 144 cm³/mol. The van der Waals surface area contributed by atoms with E-state index in [2.05, 4.69) is 65.2 Å². The zero-order chi connectivity index (χ0) is 26.0. The monoisotopic (exact) mass is 505 g/mol. The zero-order valence-corrected chi connectivity index (χ0v) is 21.8. The van der Waals surface area contributed by atoms with Gasteiger partial charge in [-0.25, -0.2) is 0 Å². The Morgan fingerprint density at radius 1 is 1.16 bits per heavy atom. The molecule has 9 heteroatoms. The minimum absolute atomic E-state index is 0.203. The van der Waals surface area contributed by atoms with Crippen molar-refractivity contribution in [3.63, 3.8) is 0 Å². The third-order valence-electron chi connectivity index (χ3n) is 7.40. The van der Waals surface area contributed by atoms with Crippen LogP contribution in [-0.4, -0.2) is 52.9 Å². The normalized spacial score (nSPS) is 19.4. The summed E-state index contributed by atoms with van der Waals surface area (Å²) in [5, 5.41) is 10.9. The van der Waals surface area contributed by atoms with E-state index in [1.54, 1.807) is 4.57 Å². The summed E-state index contributed by atoms with van der Waals surface area (Å²) in [6, 6.07) is 18.0. The molecule has 1 unspecified atom stereocenters. The quantitative estimate of drug-likeness (QED) is 0.296. The number of anilines is 2. The van der Waals surface area contributed by atoms with E-state index >= 15 is 0 Å². The Morgan fingerprint density at radius 2 is 1.86 bits per heavy atom. The van der Waals surface area contributed by atoms with Crippen molar-refractivity contribution < 1.29 is 14.4 Å². The molecule has 0 bridgehead atoms. The van der Waals surface area contributed by atoms with Gasteiger partial charge in [0.25, 0.3) is 0 Å². The Bertz CT molecular complexity index is 1190. The van der Waals surface area contributed by atoms with Crippen LogP contribution in [0, 0.1) is 10.1 Å². The lowest BCUT2D eigenvalue weighted by atomic mass is 10.0. The molecule has 1 fully saturated rings. The predicted octanol–water partition coefficient (Wildman–Crippen LogP) is 5.08. The number of aromatic nitrogens is 2. The molecule has 9 nitrogen and oxygen atoms in total. The van der Waals surface area contributed by atoms with Gasteiger partial charge in [0.1, 0.15) is 18.6 Å². The maximum atomic E-state index is 10.9. The van der Waals surface area contributed by atoms with Gasteiger partial charge in [0.2, 0.25) is 0 Å². The van der Waals surface area contributed by atoms with Gasteiger partial charge in [-0.15, -0.1) is 0 Å². The number of imidazole rings is 1. The number of rotatable bonds is 9. The maximum Gasteiger partial charge on any atom is 0.415 e. The number of piperidine rings is 1. The molecule has 3 heterocycles. The Balaban J connectivity index is 1.10. The molecule has 1 atom stereocenters. The van der Waals surface area contributed by atoms with E-state index in [0.717, 1.165) is 38.1 Å². The molecule has 0 saturated carbocycles. The number of hydrogen-bond acceptors (Lipinski definition) is 7. The van der Waals surface area contributed by atoms with Crippen molar-refractivity contribution in [1.82, 2.24) is 9.55 Å². The molecule has 0 radical (unpaired) electrons. The molecule has 2 aliphatic rings. The molecule has 2 aromatic carbocycles. The van der Waals surface area contributed by atoms with Gasteiger partial charge in [0.05, 0.1) is 6.54 Å². The van der Waals surface area contributed by atoms with Crippen molar-refractivity contribution >= 4 is 17.2 Å². The van der Waals surface area contributed by atoms with Crippen LogP contribution in [0.15, 0.2) is 54.7 Å². The van der Waals surface area contributed by atoms with E-state index in [0.29, 0.717) is 19.2 Å². The van der Waals surface area contributed by atoms with Gasteiger partial charge in [-0.2, -0.15) is 0 Å². The highest BCUT2D eigenvalue weighted by Crippen LogP contribution is 2.32. The highest BCUT2D eigenvalue weighted by Gasteiger charge is 2.41. The average Bonchev–Trinajstić information content (AvgIpc) is 3.44. The molecule has 1 aromatic heterocycles. The number of fused-ring (bicyclic) bond motifs is 1. The SMILES string of the molecule is CCCc1ccc(N(C)C2CCN(c3ccc(OCC4(C)Cn5cc([N+](=O)[O-])nc5O4)cc3)CC2)cc1. The van der Waals surface area contributed by atoms with E-state index in [-0.39, 0.29) is 11.8 Å². The van der Waals surface area contributed by atoms with Crippen LogP contribution < -0.4 is 19.3 Å². The van der Waals surface area contributed by atoms with Crippen molar-refractivity contribution in [2.45, 2.75) is 57.7 Å². The number of ether oxygens (including phenoxy) is 2. The van der Waals surface area contributed by atoms with E-state index in [9.17, 15) is 10.1 Å². The van der Waals surface area contributed by atoms with Crippen molar-refractivity contribution in [3.05, 3.63) is 70.4 Å².